The third-order valence-corrected chi connectivity index (χ3v) is 5.53. The molecular formula is C18H26N2O4. The van der Waals surface area contributed by atoms with Gasteiger partial charge in [0, 0.05) is 12.1 Å². The van der Waals surface area contributed by atoms with Gasteiger partial charge in [-0.15, -0.1) is 0 Å². The lowest BCUT2D eigenvalue weighted by Crippen LogP contribution is -2.46. The van der Waals surface area contributed by atoms with Gasteiger partial charge in [0.25, 0.3) is 5.56 Å². The molecule has 132 valence electrons. The molecule has 0 atom stereocenters. The summed E-state index contributed by atoms with van der Waals surface area (Å²) in [6.45, 7) is 1.28. The number of hydrogen-bond acceptors (Lipinski definition) is 4. The first-order valence-electron chi connectivity index (χ1n) is 9.13. The largest absolute Gasteiger partial charge is 0.494 e. The number of hydrogen-bond donors (Lipinski definition) is 1. The van der Waals surface area contributed by atoms with Crippen LogP contribution in [0.5, 0.6) is 5.88 Å². The fourth-order valence-corrected chi connectivity index (χ4v) is 4.27. The van der Waals surface area contributed by atoms with E-state index in [2.05, 4.69) is 0 Å². The molecule has 2 fully saturated rings. The summed E-state index contributed by atoms with van der Waals surface area (Å²) in [6, 6.07) is -0.285. The molecule has 0 spiro atoms. The summed E-state index contributed by atoms with van der Waals surface area (Å²) in [5.41, 5.74) is -1.30. The van der Waals surface area contributed by atoms with Crippen molar-refractivity contribution in [2.24, 2.45) is 0 Å². The summed E-state index contributed by atoms with van der Waals surface area (Å²) in [4.78, 5) is 37.8. The third-order valence-electron chi connectivity index (χ3n) is 5.53. The van der Waals surface area contributed by atoms with Crippen LogP contribution in [-0.2, 0) is 0 Å². The van der Waals surface area contributed by atoms with Gasteiger partial charge in [-0.25, -0.2) is 4.79 Å². The molecule has 2 aliphatic rings. The molecule has 0 bridgehead atoms. The summed E-state index contributed by atoms with van der Waals surface area (Å²) in [7, 11) is 0. The van der Waals surface area contributed by atoms with Crippen LogP contribution >= 0.6 is 0 Å². The van der Waals surface area contributed by atoms with Gasteiger partial charge in [-0.05, 0) is 32.6 Å². The third kappa shape index (κ3) is 2.94. The molecule has 2 aliphatic carbocycles. The first kappa shape index (κ1) is 17.0. The van der Waals surface area contributed by atoms with E-state index in [9.17, 15) is 19.5 Å². The molecule has 6 nitrogen and oxygen atoms in total. The fraction of sp³-hybridized carbons (Fsp3) is 0.722. The summed E-state index contributed by atoms with van der Waals surface area (Å²) < 4.78 is 2.58. The molecule has 1 aromatic rings. The lowest BCUT2D eigenvalue weighted by atomic mass is 9.94. The average Bonchev–Trinajstić information content (AvgIpc) is 2.56. The molecule has 1 N–H and O–H groups in total. The topological polar surface area (TPSA) is 81.3 Å². The molecule has 0 radical (unpaired) electrons. The van der Waals surface area contributed by atoms with Crippen LogP contribution in [0.4, 0.5) is 0 Å². The minimum Gasteiger partial charge on any atom is -0.494 e. The minimum atomic E-state index is -0.621. The second kappa shape index (κ2) is 6.95. The van der Waals surface area contributed by atoms with Crippen molar-refractivity contribution >= 4 is 5.78 Å². The second-order valence-corrected chi connectivity index (χ2v) is 7.17. The SMILES string of the molecule is CC(=O)c1c(O)n(C2CCCCC2)c(=O)n(C2CCCCC2)c1=O. The summed E-state index contributed by atoms with van der Waals surface area (Å²) in [5.74, 6) is -0.914. The molecule has 0 aliphatic heterocycles. The Kier molecular flexibility index (Phi) is 4.92. The van der Waals surface area contributed by atoms with Crippen LogP contribution in [0.25, 0.3) is 0 Å². The molecule has 3 rings (SSSR count). The fourth-order valence-electron chi connectivity index (χ4n) is 4.27. The number of carbonyl (C=O) groups excluding carboxylic acids is 1. The molecule has 24 heavy (non-hydrogen) atoms. The maximum Gasteiger partial charge on any atom is 0.334 e. The standard InChI is InChI=1S/C18H26N2O4/c1-12(21)15-16(22)19(13-8-4-2-5-9-13)18(24)20(17(15)23)14-10-6-3-7-11-14/h13-14,22H,2-11H2,1H3. The minimum absolute atomic E-state index is 0.125. The highest BCUT2D eigenvalue weighted by molar-refractivity contribution is 5.95. The molecule has 0 aromatic carbocycles. The Hall–Kier alpha value is -1.85. The van der Waals surface area contributed by atoms with Crippen molar-refractivity contribution in [2.75, 3.05) is 0 Å². The zero-order valence-electron chi connectivity index (χ0n) is 14.3. The Bertz CT molecular complexity index is 735. The Balaban J connectivity index is 2.20. The van der Waals surface area contributed by atoms with Crippen molar-refractivity contribution < 1.29 is 9.90 Å². The molecule has 0 saturated heterocycles. The number of rotatable bonds is 3. The Labute approximate surface area is 141 Å². The molecule has 0 unspecified atom stereocenters. The van der Waals surface area contributed by atoms with Crippen LogP contribution in [0.2, 0.25) is 0 Å². The van der Waals surface area contributed by atoms with Gasteiger partial charge >= 0.3 is 5.69 Å². The van der Waals surface area contributed by atoms with Crippen LogP contribution in [0.15, 0.2) is 9.59 Å². The molecule has 2 saturated carbocycles. The van der Waals surface area contributed by atoms with E-state index in [1.165, 1.54) is 16.1 Å². The monoisotopic (exact) mass is 334 g/mol. The number of aromatic nitrogens is 2. The van der Waals surface area contributed by atoms with Gasteiger partial charge in [0.1, 0.15) is 5.56 Å². The van der Waals surface area contributed by atoms with Crippen LogP contribution in [-0.4, -0.2) is 20.0 Å². The van der Waals surface area contributed by atoms with Gasteiger partial charge in [-0.3, -0.25) is 18.7 Å². The molecule has 6 heteroatoms. The van der Waals surface area contributed by atoms with Gasteiger partial charge in [0.15, 0.2) is 5.78 Å². The summed E-state index contributed by atoms with van der Waals surface area (Å²) in [5, 5.41) is 10.5. The zero-order valence-corrected chi connectivity index (χ0v) is 14.3. The molecule has 0 amide bonds. The van der Waals surface area contributed by atoms with Crippen LogP contribution in [0.1, 0.15) is 93.6 Å². The maximum absolute atomic E-state index is 13.0. The highest BCUT2D eigenvalue weighted by atomic mass is 16.3. The van der Waals surface area contributed by atoms with E-state index in [1.54, 1.807) is 0 Å². The average molecular weight is 334 g/mol. The Morgan fingerprint density at radius 3 is 1.79 bits per heavy atom. The van der Waals surface area contributed by atoms with Crippen molar-refractivity contribution in [3.8, 4) is 5.88 Å². The van der Waals surface area contributed by atoms with Crippen LogP contribution in [0, 0.1) is 0 Å². The highest BCUT2D eigenvalue weighted by Gasteiger charge is 2.30. The van der Waals surface area contributed by atoms with Crippen LogP contribution < -0.4 is 11.2 Å². The lowest BCUT2D eigenvalue weighted by Gasteiger charge is -2.29. The second-order valence-electron chi connectivity index (χ2n) is 7.17. The Morgan fingerprint density at radius 2 is 1.33 bits per heavy atom. The van der Waals surface area contributed by atoms with Gasteiger partial charge in [-0.1, -0.05) is 38.5 Å². The summed E-state index contributed by atoms with van der Waals surface area (Å²) in [6.07, 6.45) is 9.34. The van der Waals surface area contributed by atoms with E-state index in [1.807, 2.05) is 0 Å². The number of aromatic hydroxyl groups is 1. The van der Waals surface area contributed by atoms with E-state index in [0.717, 1.165) is 64.2 Å². The van der Waals surface area contributed by atoms with Crippen molar-refractivity contribution in [1.82, 2.24) is 9.13 Å². The Morgan fingerprint density at radius 1 is 0.875 bits per heavy atom. The van der Waals surface area contributed by atoms with Gasteiger partial charge in [0.05, 0.1) is 0 Å². The quantitative estimate of drug-likeness (QED) is 0.862. The molecular weight excluding hydrogens is 308 g/mol. The summed E-state index contributed by atoms with van der Waals surface area (Å²) >= 11 is 0. The number of nitrogens with zero attached hydrogens (tertiary/aromatic N) is 2. The normalized spacial score (nSPS) is 20.2. The van der Waals surface area contributed by atoms with Crippen LogP contribution in [0.3, 0.4) is 0 Å². The van der Waals surface area contributed by atoms with Gasteiger partial charge in [-0.2, -0.15) is 0 Å². The maximum atomic E-state index is 13.0. The smallest absolute Gasteiger partial charge is 0.334 e. The van der Waals surface area contributed by atoms with E-state index < -0.39 is 22.9 Å². The molecule has 1 heterocycles. The van der Waals surface area contributed by atoms with Crippen molar-refractivity contribution in [3.63, 3.8) is 0 Å². The number of carbonyl (C=O) groups is 1. The van der Waals surface area contributed by atoms with Gasteiger partial charge in [0.2, 0.25) is 5.88 Å². The number of Topliss-reactive ketones (excluding diaryl/α,β-unsaturated/α-hetero) is 1. The predicted molar refractivity (Wildman–Crippen MR) is 90.9 cm³/mol. The van der Waals surface area contributed by atoms with E-state index in [-0.39, 0.29) is 17.6 Å². The highest BCUT2D eigenvalue weighted by Crippen LogP contribution is 2.31. The van der Waals surface area contributed by atoms with E-state index in [0.29, 0.717) is 0 Å². The van der Waals surface area contributed by atoms with E-state index >= 15 is 0 Å². The van der Waals surface area contributed by atoms with Crippen molar-refractivity contribution in [1.29, 1.82) is 0 Å². The molecule has 1 aromatic heterocycles. The van der Waals surface area contributed by atoms with Gasteiger partial charge < -0.3 is 5.11 Å². The predicted octanol–water partition coefficient (Wildman–Crippen LogP) is 2.93. The zero-order chi connectivity index (χ0) is 17.3. The van der Waals surface area contributed by atoms with Crippen molar-refractivity contribution in [2.45, 2.75) is 83.2 Å². The van der Waals surface area contributed by atoms with Crippen molar-refractivity contribution in [3.05, 3.63) is 26.4 Å². The van der Waals surface area contributed by atoms with E-state index in [4.69, 9.17) is 0 Å². The first-order valence-corrected chi connectivity index (χ1v) is 9.13. The first-order chi connectivity index (χ1) is 11.5. The number of ketones is 1. The lowest BCUT2D eigenvalue weighted by molar-refractivity contribution is 0.100.